The second kappa shape index (κ2) is 8.52. The van der Waals surface area contributed by atoms with E-state index in [0.717, 1.165) is 44.3 Å². The molecule has 0 aromatic carbocycles. The van der Waals surface area contributed by atoms with E-state index in [9.17, 15) is 14.4 Å². The molecule has 4 rings (SSSR count). The fourth-order valence-electron chi connectivity index (χ4n) is 5.48. The van der Waals surface area contributed by atoms with Crippen molar-refractivity contribution >= 4 is 11.8 Å². The highest BCUT2D eigenvalue weighted by atomic mass is 16.2. The maximum Gasteiger partial charge on any atom is 0.348 e. The van der Waals surface area contributed by atoms with Crippen molar-refractivity contribution in [3.8, 4) is 0 Å². The third-order valence-corrected chi connectivity index (χ3v) is 7.32. The highest BCUT2D eigenvalue weighted by Crippen LogP contribution is 2.49. The van der Waals surface area contributed by atoms with Gasteiger partial charge in [0.1, 0.15) is 6.54 Å². The van der Waals surface area contributed by atoms with Crippen LogP contribution in [-0.4, -0.2) is 45.4 Å². The van der Waals surface area contributed by atoms with Gasteiger partial charge in [0, 0.05) is 36.9 Å². The molecule has 1 unspecified atom stereocenters. The van der Waals surface area contributed by atoms with Crippen molar-refractivity contribution in [2.45, 2.75) is 84.2 Å². The van der Waals surface area contributed by atoms with Gasteiger partial charge in [0.25, 0.3) is 0 Å². The van der Waals surface area contributed by atoms with Crippen LogP contribution < -0.4 is 11.0 Å². The first kappa shape index (κ1) is 21.1. The molecular formula is C23H34N4O3. The Morgan fingerprint density at radius 2 is 1.93 bits per heavy atom. The first-order valence-corrected chi connectivity index (χ1v) is 11.5. The number of hydrogen-bond donors (Lipinski definition) is 1. The maximum absolute atomic E-state index is 13.1. The Hall–Kier alpha value is -2.18. The zero-order valence-electron chi connectivity index (χ0n) is 18.3. The molecule has 1 aromatic rings. The van der Waals surface area contributed by atoms with E-state index in [2.05, 4.69) is 10.3 Å². The fourth-order valence-corrected chi connectivity index (χ4v) is 5.48. The molecule has 30 heavy (non-hydrogen) atoms. The Kier molecular flexibility index (Phi) is 5.98. The predicted octanol–water partition coefficient (Wildman–Crippen LogP) is 2.33. The van der Waals surface area contributed by atoms with Crippen LogP contribution in [0.2, 0.25) is 0 Å². The highest BCUT2D eigenvalue weighted by Gasteiger charge is 2.47. The number of aromatic nitrogens is 2. The van der Waals surface area contributed by atoms with Gasteiger partial charge in [0.2, 0.25) is 11.8 Å². The molecule has 0 bridgehead atoms. The second-order valence-electron chi connectivity index (χ2n) is 9.68. The van der Waals surface area contributed by atoms with Gasteiger partial charge in [-0.05, 0) is 63.4 Å². The molecule has 1 atom stereocenters. The quantitative estimate of drug-likeness (QED) is 0.774. The molecule has 2 saturated carbocycles. The van der Waals surface area contributed by atoms with Crippen molar-refractivity contribution in [2.75, 3.05) is 13.1 Å². The lowest BCUT2D eigenvalue weighted by atomic mass is 9.66. The zero-order chi connectivity index (χ0) is 21.3. The van der Waals surface area contributed by atoms with Crippen molar-refractivity contribution in [2.24, 2.45) is 11.3 Å². The molecule has 1 spiro atoms. The summed E-state index contributed by atoms with van der Waals surface area (Å²) in [7, 11) is 0. The highest BCUT2D eigenvalue weighted by molar-refractivity contribution is 5.77. The van der Waals surface area contributed by atoms with Crippen LogP contribution in [0.25, 0.3) is 0 Å². The molecule has 3 aliphatic rings. The smallest absolute Gasteiger partial charge is 0.348 e. The Balaban J connectivity index is 1.44. The summed E-state index contributed by atoms with van der Waals surface area (Å²) < 4.78 is 1.47. The van der Waals surface area contributed by atoms with Gasteiger partial charge in [-0.1, -0.05) is 19.3 Å². The van der Waals surface area contributed by atoms with E-state index in [1.165, 1.54) is 23.8 Å². The van der Waals surface area contributed by atoms with Gasteiger partial charge in [0.05, 0.1) is 0 Å². The fraction of sp³-hybridized carbons (Fsp3) is 0.739. The minimum absolute atomic E-state index is 0.0132. The Labute approximate surface area is 178 Å². The number of hydrogen-bond acceptors (Lipinski definition) is 4. The minimum Gasteiger partial charge on any atom is -0.353 e. The zero-order valence-corrected chi connectivity index (χ0v) is 18.3. The lowest BCUT2D eigenvalue weighted by Gasteiger charge is -2.38. The summed E-state index contributed by atoms with van der Waals surface area (Å²) >= 11 is 0. The van der Waals surface area contributed by atoms with Crippen LogP contribution in [0.4, 0.5) is 0 Å². The van der Waals surface area contributed by atoms with Crippen molar-refractivity contribution in [3.05, 3.63) is 27.9 Å². The lowest BCUT2D eigenvalue weighted by Crippen LogP contribution is -2.38. The van der Waals surface area contributed by atoms with E-state index in [-0.39, 0.29) is 29.5 Å². The number of nitrogens with zero attached hydrogens (tertiary/aromatic N) is 3. The van der Waals surface area contributed by atoms with Crippen LogP contribution >= 0.6 is 0 Å². The molecule has 2 amide bonds. The van der Waals surface area contributed by atoms with Crippen molar-refractivity contribution in [1.82, 2.24) is 19.8 Å². The Morgan fingerprint density at radius 3 is 2.60 bits per heavy atom. The van der Waals surface area contributed by atoms with Gasteiger partial charge < -0.3 is 10.2 Å². The summed E-state index contributed by atoms with van der Waals surface area (Å²) in [5, 5.41) is 3.09. The van der Waals surface area contributed by atoms with Crippen LogP contribution in [0.15, 0.2) is 10.9 Å². The molecule has 1 N–H and O–H groups in total. The number of carbonyl (C=O) groups excluding carboxylic acids is 2. The van der Waals surface area contributed by atoms with Crippen LogP contribution in [0, 0.1) is 25.2 Å². The number of nitrogens with one attached hydrogen (secondary N) is 1. The SMILES string of the molecule is Cc1cc(C)n(CC(=O)N2CC(CCC(=O)NC3CC3)C3(CCCCC3)C2)c(=O)n1. The molecule has 2 heterocycles. The first-order valence-electron chi connectivity index (χ1n) is 11.5. The summed E-state index contributed by atoms with van der Waals surface area (Å²) in [5.41, 5.74) is 1.22. The van der Waals surface area contributed by atoms with Gasteiger partial charge in [0.15, 0.2) is 0 Å². The third-order valence-electron chi connectivity index (χ3n) is 7.32. The summed E-state index contributed by atoms with van der Waals surface area (Å²) in [6.45, 7) is 5.13. The van der Waals surface area contributed by atoms with E-state index in [0.29, 0.717) is 30.6 Å². The van der Waals surface area contributed by atoms with Crippen LogP contribution in [0.3, 0.4) is 0 Å². The first-order chi connectivity index (χ1) is 14.4. The molecule has 1 saturated heterocycles. The van der Waals surface area contributed by atoms with Crippen molar-refractivity contribution < 1.29 is 9.59 Å². The monoisotopic (exact) mass is 414 g/mol. The second-order valence-corrected chi connectivity index (χ2v) is 9.68. The van der Waals surface area contributed by atoms with Crippen LogP contribution in [-0.2, 0) is 16.1 Å². The lowest BCUT2D eigenvalue weighted by molar-refractivity contribution is -0.131. The topological polar surface area (TPSA) is 84.3 Å². The molecule has 3 fully saturated rings. The van der Waals surface area contributed by atoms with Gasteiger partial charge >= 0.3 is 5.69 Å². The Morgan fingerprint density at radius 1 is 1.20 bits per heavy atom. The number of aryl methyl sites for hydroxylation is 2. The normalized spacial score (nSPS) is 23.0. The van der Waals surface area contributed by atoms with Crippen molar-refractivity contribution in [1.29, 1.82) is 0 Å². The third kappa shape index (κ3) is 4.60. The molecular weight excluding hydrogens is 380 g/mol. The van der Waals surface area contributed by atoms with E-state index < -0.39 is 0 Å². The van der Waals surface area contributed by atoms with Crippen molar-refractivity contribution in [3.63, 3.8) is 0 Å². The maximum atomic E-state index is 13.1. The van der Waals surface area contributed by atoms with E-state index in [4.69, 9.17) is 0 Å². The Bertz CT molecular complexity index is 868. The molecule has 0 radical (unpaired) electrons. The van der Waals surface area contributed by atoms with Crippen LogP contribution in [0.1, 0.15) is 69.2 Å². The predicted molar refractivity (Wildman–Crippen MR) is 114 cm³/mol. The number of carbonyl (C=O) groups is 2. The average molecular weight is 415 g/mol. The van der Waals surface area contributed by atoms with E-state index >= 15 is 0 Å². The molecule has 164 valence electrons. The molecule has 7 heteroatoms. The molecule has 1 aliphatic heterocycles. The van der Waals surface area contributed by atoms with Crippen LogP contribution in [0.5, 0.6) is 0 Å². The van der Waals surface area contributed by atoms with Gasteiger partial charge in [-0.15, -0.1) is 0 Å². The van der Waals surface area contributed by atoms with Gasteiger partial charge in [-0.3, -0.25) is 14.2 Å². The minimum atomic E-state index is -0.360. The molecule has 1 aromatic heterocycles. The summed E-state index contributed by atoms with van der Waals surface area (Å²) in [5.74, 6) is 0.502. The largest absolute Gasteiger partial charge is 0.353 e. The summed E-state index contributed by atoms with van der Waals surface area (Å²) in [4.78, 5) is 43.6. The van der Waals surface area contributed by atoms with E-state index in [1.807, 2.05) is 17.9 Å². The van der Waals surface area contributed by atoms with Gasteiger partial charge in [-0.2, -0.15) is 4.98 Å². The van der Waals surface area contributed by atoms with Gasteiger partial charge in [-0.25, -0.2) is 4.79 Å². The number of likely N-dealkylation sites (tertiary alicyclic amines) is 1. The number of amides is 2. The average Bonchev–Trinajstić information content (AvgIpc) is 3.44. The summed E-state index contributed by atoms with van der Waals surface area (Å²) in [6, 6.07) is 2.23. The molecule has 2 aliphatic carbocycles. The molecule has 7 nitrogen and oxygen atoms in total. The summed E-state index contributed by atoms with van der Waals surface area (Å²) in [6.07, 6.45) is 9.53. The number of rotatable bonds is 6. The van der Waals surface area contributed by atoms with E-state index in [1.54, 1.807) is 6.92 Å². The standard InChI is InChI=1S/C23H34N4O3/c1-16-12-17(2)27(22(30)24-16)14-21(29)26-13-18(6-9-20(28)25-19-7-8-19)23(15-26)10-4-3-5-11-23/h12,18-19H,3-11,13-15H2,1-2H3,(H,25,28).